The summed E-state index contributed by atoms with van der Waals surface area (Å²) in [5.41, 5.74) is 0. The van der Waals surface area contributed by atoms with Gasteiger partial charge in [0.15, 0.2) is 6.10 Å². The highest BCUT2D eigenvalue weighted by Crippen LogP contribution is 2.09. The molecule has 0 aromatic carbocycles. The molecule has 0 saturated carbocycles. The summed E-state index contributed by atoms with van der Waals surface area (Å²) in [6, 6.07) is 0. The van der Waals surface area contributed by atoms with Gasteiger partial charge in [0.05, 0.1) is 34.4 Å². The first-order valence-corrected chi connectivity index (χ1v) is 28.6. The van der Waals surface area contributed by atoms with Gasteiger partial charge in [-0.1, -0.05) is 208 Å². The molecule has 0 amide bonds. The highest BCUT2D eigenvalue weighted by Gasteiger charge is 2.25. The smallest absolute Gasteiger partial charge is 0.361 e. The first-order chi connectivity index (χ1) is 37.6. The molecule has 0 bridgehead atoms. The number of ether oxygens (including phenoxy) is 4. The predicted octanol–water partition coefficient (Wildman–Crippen LogP) is 17.1. The molecule has 0 aromatic rings. The fourth-order valence-electron chi connectivity index (χ4n) is 6.53. The minimum Gasteiger partial charge on any atom is -0.477 e. The molecule has 0 spiro atoms. The molecule has 1 N–H and O–H groups in total. The van der Waals surface area contributed by atoms with Crippen molar-refractivity contribution in [3.8, 4) is 0 Å². The number of hydrogen-bond acceptors (Lipinski definition) is 7. The van der Waals surface area contributed by atoms with Gasteiger partial charge in [0.25, 0.3) is 6.29 Å². The third-order valence-corrected chi connectivity index (χ3v) is 10.8. The second-order valence-electron chi connectivity index (χ2n) is 19.1. The number of carboxylic acid groups (broad SMARTS) is 1. The van der Waals surface area contributed by atoms with Crippen LogP contribution in [0.15, 0.2) is 194 Å². The Hall–Kier alpha value is -5.87. The number of carboxylic acids is 1. The molecule has 9 nitrogen and oxygen atoms in total. The summed E-state index contributed by atoms with van der Waals surface area (Å²) in [6.45, 7) is 4.46. The molecule has 0 aromatic heterocycles. The summed E-state index contributed by atoms with van der Waals surface area (Å²) in [5.74, 6) is -2.20. The molecule has 2 unspecified atom stereocenters. The van der Waals surface area contributed by atoms with Gasteiger partial charge >= 0.3 is 17.9 Å². The van der Waals surface area contributed by atoms with E-state index < -0.39 is 30.3 Å². The van der Waals surface area contributed by atoms with Crippen LogP contribution in [0.3, 0.4) is 0 Å². The standard InChI is InChI=1S/C68H101NO8/c1-6-8-10-12-14-16-18-20-22-24-26-28-30-31-32-33-34-35-37-39-41-43-45-47-49-51-53-55-57-59-66(71)77-64(63-76-68(67(72)73)74-61-60-69(3,4)5)62-75-65(70)58-56-54-52-50-48-46-44-42-40-38-36-29-27-25-23-21-19-17-15-13-11-9-7-2/h8-11,14-17,20-23,26-29,31-32,34-35,38-41,44-47,50-53,64,68H,6-7,12-13,18-19,24-25,30,33,36-37,42-43,48-49,54-63H2,1-5H3/p+1/b10-8-,11-9-,16-14-,17-15-,22-20-,23-21-,28-26-,29-27-,32-31-,35-34-,40-38-,41-39-,46-44-,47-45-,52-50-,53-51-. The van der Waals surface area contributed by atoms with E-state index in [1.165, 1.54) is 0 Å². The van der Waals surface area contributed by atoms with E-state index in [0.29, 0.717) is 30.3 Å². The average molecular weight is 1060 g/mol. The predicted molar refractivity (Wildman–Crippen MR) is 326 cm³/mol. The lowest BCUT2D eigenvalue weighted by atomic mass is 10.2. The van der Waals surface area contributed by atoms with E-state index in [9.17, 15) is 19.5 Å². The highest BCUT2D eigenvalue weighted by molar-refractivity contribution is 5.71. The number of carbonyl (C=O) groups excluding carboxylic acids is 2. The van der Waals surface area contributed by atoms with Gasteiger partial charge in [-0.25, -0.2) is 4.79 Å². The van der Waals surface area contributed by atoms with Crippen LogP contribution in [0.2, 0.25) is 0 Å². The molecule has 0 aliphatic heterocycles. The van der Waals surface area contributed by atoms with Crippen molar-refractivity contribution < 1.29 is 42.9 Å². The van der Waals surface area contributed by atoms with E-state index in [-0.39, 0.29) is 32.7 Å². The Labute approximate surface area is 468 Å². The SMILES string of the molecule is CC/C=C\C/C=C\C/C=C\C/C=C\C/C=C\C/C=C\C/C=C\C/C=C\C/C=C\CCCC(=O)OC(COC(=O)CCC/C=C\C/C=C\C/C=C\C/C=C\C/C=C\C/C=C\C/C=C\CC)COC(OCC[N+](C)(C)C)C(=O)O. The number of esters is 2. The summed E-state index contributed by atoms with van der Waals surface area (Å²) in [4.78, 5) is 37.4. The zero-order valence-electron chi connectivity index (χ0n) is 48.3. The van der Waals surface area contributed by atoms with Crippen LogP contribution in [-0.2, 0) is 33.3 Å². The number of unbranched alkanes of at least 4 members (excludes halogenated alkanes) is 2. The van der Waals surface area contributed by atoms with E-state index in [2.05, 4.69) is 202 Å². The van der Waals surface area contributed by atoms with Crippen molar-refractivity contribution in [3.05, 3.63) is 194 Å². The maximum absolute atomic E-state index is 12.9. The molecule has 0 radical (unpaired) electrons. The van der Waals surface area contributed by atoms with Crippen LogP contribution < -0.4 is 0 Å². The van der Waals surface area contributed by atoms with Crippen LogP contribution >= 0.6 is 0 Å². The molecule has 0 heterocycles. The van der Waals surface area contributed by atoms with Gasteiger partial charge in [-0.15, -0.1) is 0 Å². The largest absolute Gasteiger partial charge is 0.477 e. The van der Waals surface area contributed by atoms with Crippen LogP contribution in [0.5, 0.6) is 0 Å². The summed E-state index contributed by atoms with van der Waals surface area (Å²) in [6.07, 6.45) is 85.2. The van der Waals surface area contributed by atoms with E-state index >= 15 is 0 Å². The van der Waals surface area contributed by atoms with Gasteiger partial charge in [-0.2, -0.15) is 0 Å². The number of carbonyl (C=O) groups is 3. The van der Waals surface area contributed by atoms with Crippen LogP contribution in [0, 0.1) is 0 Å². The van der Waals surface area contributed by atoms with Crippen molar-refractivity contribution in [2.75, 3.05) is 47.5 Å². The Kier molecular flexibility index (Phi) is 52.0. The summed E-state index contributed by atoms with van der Waals surface area (Å²) < 4.78 is 22.7. The van der Waals surface area contributed by atoms with Crippen molar-refractivity contribution in [1.29, 1.82) is 0 Å². The summed E-state index contributed by atoms with van der Waals surface area (Å²) in [7, 11) is 5.91. The first-order valence-electron chi connectivity index (χ1n) is 28.6. The molecule has 426 valence electrons. The number of hydrogen-bond donors (Lipinski definition) is 1. The number of quaternary nitrogens is 1. The van der Waals surface area contributed by atoms with Crippen LogP contribution in [-0.4, -0.2) is 87.4 Å². The van der Waals surface area contributed by atoms with Gasteiger partial charge in [-0.3, -0.25) is 9.59 Å². The third-order valence-electron chi connectivity index (χ3n) is 10.8. The van der Waals surface area contributed by atoms with Crippen molar-refractivity contribution >= 4 is 17.9 Å². The molecule has 9 heteroatoms. The topological polar surface area (TPSA) is 108 Å². The molecule has 0 rings (SSSR count). The second-order valence-corrected chi connectivity index (χ2v) is 19.1. The molecular formula is C68H102NO8+. The van der Waals surface area contributed by atoms with Crippen LogP contribution in [0.4, 0.5) is 0 Å². The van der Waals surface area contributed by atoms with Gasteiger partial charge < -0.3 is 28.5 Å². The summed E-state index contributed by atoms with van der Waals surface area (Å²) in [5, 5.41) is 9.70. The molecule has 77 heavy (non-hydrogen) atoms. The van der Waals surface area contributed by atoms with Gasteiger partial charge in [-0.05, 0) is 128 Å². The maximum Gasteiger partial charge on any atom is 0.361 e. The monoisotopic (exact) mass is 1060 g/mol. The Morgan fingerprint density at radius 2 is 0.675 bits per heavy atom. The minimum atomic E-state index is -1.55. The Balaban J connectivity index is 4.54. The number of aliphatic carboxylic acids is 1. The molecule has 2 atom stereocenters. The lowest BCUT2D eigenvalue weighted by Crippen LogP contribution is -2.40. The number of likely N-dealkylation sites (N-methyl/N-ethyl adjacent to an activating group) is 1. The zero-order chi connectivity index (χ0) is 56.2. The Morgan fingerprint density at radius 3 is 0.961 bits per heavy atom. The van der Waals surface area contributed by atoms with Crippen molar-refractivity contribution in [3.63, 3.8) is 0 Å². The fourth-order valence-corrected chi connectivity index (χ4v) is 6.53. The first kappa shape index (κ1) is 71.1. The molecule has 0 saturated heterocycles. The second kappa shape index (κ2) is 56.3. The summed E-state index contributed by atoms with van der Waals surface area (Å²) >= 11 is 0. The van der Waals surface area contributed by atoms with Gasteiger partial charge in [0.1, 0.15) is 13.2 Å². The normalized spacial score (nSPS) is 14.2. The molecular weight excluding hydrogens is 959 g/mol. The van der Waals surface area contributed by atoms with Crippen LogP contribution in [0.25, 0.3) is 0 Å². The minimum absolute atomic E-state index is 0.152. The number of nitrogens with zero attached hydrogens (tertiary/aromatic N) is 1. The van der Waals surface area contributed by atoms with E-state index in [1.807, 2.05) is 27.2 Å². The molecule has 0 fully saturated rings. The van der Waals surface area contributed by atoms with Crippen molar-refractivity contribution in [2.45, 2.75) is 167 Å². The van der Waals surface area contributed by atoms with Gasteiger partial charge in [0, 0.05) is 12.8 Å². The Bertz CT molecular complexity index is 1960. The van der Waals surface area contributed by atoms with Crippen molar-refractivity contribution in [1.82, 2.24) is 0 Å². The lowest BCUT2D eigenvalue weighted by Gasteiger charge is -2.25. The zero-order valence-corrected chi connectivity index (χ0v) is 48.3. The highest BCUT2D eigenvalue weighted by atomic mass is 16.7. The van der Waals surface area contributed by atoms with Crippen LogP contribution in [0.1, 0.15) is 155 Å². The molecule has 0 aliphatic rings. The lowest BCUT2D eigenvalue weighted by molar-refractivity contribution is -0.870. The van der Waals surface area contributed by atoms with E-state index in [4.69, 9.17) is 18.9 Å². The number of allylic oxidation sites excluding steroid dienone is 32. The number of rotatable bonds is 49. The maximum atomic E-state index is 12.9. The Morgan fingerprint density at radius 1 is 0.390 bits per heavy atom. The quantitative estimate of drug-likeness (QED) is 0.0211. The third kappa shape index (κ3) is 57.7. The molecule has 0 aliphatic carbocycles. The van der Waals surface area contributed by atoms with Gasteiger partial charge in [0.2, 0.25) is 0 Å². The average Bonchev–Trinajstić information content (AvgIpc) is 3.40. The van der Waals surface area contributed by atoms with E-state index in [0.717, 1.165) is 109 Å². The van der Waals surface area contributed by atoms with E-state index in [1.54, 1.807) is 0 Å². The fraction of sp³-hybridized carbons (Fsp3) is 0.485. The van der Waals surface area contributed by atoms with Crippen molar-refractivity contribution in [2.24, 2.45) is 0 Å².